The minimum absolute atomic E-state index is 0.0477. The van der Waals surface area contributed by atoms with Gasteiger partial charge >= 0.3 is 0 Å². The summed E-state index contributed by atoms with van der Waals surface area (Å²) in [5.41, 5.74) is 2.21. The molecule has 0 saturated carbocycles. The van der Waals surface area contributed by atoms with Crippen molar-refractivity contribution in [2.75, 3.05) is 10.6 Å². The number of carbonyl (C=O) groups excluding carboxylic acids is 2. The van der Waals surface area contributed by atoms with Crippen molar-refractivity contribution in [2.24, 2.45) is 0 Å². The number of amides is 2. The van der Waals surface area contributed by atoms with Crippen molar-refractivity contribution in [2.45, 2.75) is 39.7 Å². The van der Waals surface area contributed by atoms with Crippen LogP contribution in [0.25, 0.3) is 0 Å². The van der Waals surface area contributed by atoms with E-state index >= 15 is 0 Å². The summed E-state index contributed by atoms with van der Waals surface area (Å²) in [6.45, 7) is 7.34. The van der Waals surface area contributed by atoms with Crippen LogP contribution in [0.4, 0.5) is 11.4 Å². The van der Waals surface area contributed by atoms with E-state index < -0.39 is 6.04 Å². The van der Waals surface area contributed by atoms with Gasteiger partial charge in [-0.15, -0.1) is 0 Å². The average molecular weight is 382 g/mol. The first-order valence-electron chi connectivity index (χ1n) is 8.89. The lowest BCUT2D eigenvalue weighted by molar-refractivity contribution is -0.119. The lowest BCUT2D eigenvalue weighted by Crippen LogP contribution is -2.24. The zero-order valence-electron chi connectivity index (χ0n) is 16.1. The summed E-state index contributed by atoms with van der Waals surface area (Å²) in [5.74, 6) is 0.107. The van der Waals surface area contributed by atoms with E-state index in [0.29, 0.717) is 28.4 Å². The van der Waals surface area contributed by atoms with Crippen LogP contribution in [0.3, 0.4) is 0 Å². The summed E-state index contributed by atoms with van der Waals surface area (Å²) in [5, 5.41) is 13.5. The van der Waals surface area contributed by atoms with E-state index in [-0.39, 0.29) is 17.7 Å². The molecule has 0 radical (unpaired) electrons. The fourth-order valence-electron chi connectivity index (χ4n) is 2.67. The lowest BCUT2D eigenvalue weighted by Gasteiger charge is -2.12. The van der Waals surface area contributed by atoms with E-state index in [4.69, 9.17) is 4.52 Å². The third kappa shape index (κ3) is 4.08. The molecule has 2 heterocycles. The zero-order valence-corrected chi connectivity index (χ0v) is 16.1. The van der Waals surface area contributed by atoms with Gasteiger partial charge in [-0.2, -0.15) is 5.10 Å². The standard InChI is InChI=1S/C19H22N6O3/c1-11(2)17-16(12(3)24-28-17)19(27)23-15-7-5-14(6-8-15)22-18(26)13(4)25-10-20-9-21-25/h5-11,13H,1-4H3,(H,22,26)(H,23,27)/t13-/m0/s1. The van der Waals surface area contributed by atoms with Gasteiger partial charge in [-0.25, -0.2) is 9.67 Å². The molecular formula is C19H22N6O3. The Hall–Kier alpha value is -3.49. The summed E-state index contributed by atoms with van der Waals surface area (Å²) < 4.78 is 6.73. The number of aromatic nitrogens is 4. The molecule has 0 spiro atoms. The molecule has 0 aliphatic carbocycles. The maximum atomic E-state index is 12.6. The normalized spacial score (nSPS) is 12.0. The van der Waals surface area contributed by atoms with Crippen molar-refractivity contribution in [1.29, 1.82) is 0 Å². The molecule has 0 saturated heterocycles. The van der Waals surface area contributed by atoms with E-state index in [1.807, 2.05) is 13.8 Å². The molecule has 3 aromatic rings. The highest BCUT2D eigenvalue weighted by molar-refractivity contribution is 6.06. The maximum Gasteiger partial charge on any atom is 0.261 e. The summed E-state index contributed by atoms with van der Waals surface area (Å²) in [4.78, 5) is 28.7. The number of aryl methyl sites for hydroxylation is 1. The van der Waals surface area contributed by atoms with Crippen molar-refractivity contribution in [3.8, 4) is 0 Å². The Morgan fingerprint density at radius 3 is 2.29 bits per heavy atom. The van der Waals surface area contributed by atoms with Crippen LogP contribution >= 0.6 is 0 Å². The first-order valence-corrected chi connectivity index (χ1v) is 8.89. The highest BCUT2D eigenvalue weighted by Crippen LogP contribution is 2.24. The predicted molar refractivity (Wildman–Crippen MR) is 103 cm³/mol. The molecule has 146 valence electrons. The molecule has 1 atom stereocenters. The molecule has 28 heavy (non-hydrogen) atoms. The van der Waals surface area contributed by atoms with Gasteiger partial charge in [-0.3, -0.25) is 9.59 Å². The first kappa shape index (κ1) is 19.3. The van der Waals surface area contributed by atoms with Crippen molar-refractivity contribution in [1.82, 2.24) is 19.9 Å². The monoisotopic (exact) mass is 382 g/mol. The molecule has 2 amide bonds. The van der Waals surface area contributed by atoms with E-state index in [0.717, 1.165) is 0 Å². The van der Waals surface area contributed by atoms with Crippen molar-refractivity contribution in [3.63, 3.8) is 0 Å². The number of nitrogens with zero attached hydrogens (tertiary/aromatic N) is 4. The molecule has 1 aromatic carbocycles. The van der Waals surface area contributed by atoms with Crippen molar-refractivity contribution < 1.29 is 14.1 Å². The average Bonchev–Trinajstić information content (AvgIpc) is 3.32. The molecule has 9 heteroatoms. The van der Waals surface area contributed by atoms with Gasteiger partial charge in [0.15, 0.2) is 5.76 Å². The Bertz CT molecular complexity index is 960. The molecule has 0 aliphatic heterocycles. The van der Waals surface area contributed by atoms with E-state index in [1.54, 1.807) is 38.1 Å². The van der Waals surface area contributed by atoms with Gasteiger partial charge in [0, 0.05) is 17.3 Å². The minimum Gasteiger partial charge on any atom is -0.360 e. The van der Waals surface area contributed by atoms with Crippen LogP contribution in [0.5, 0.6) is 0 Å². The van der Waals surface area contributed by atoms with E-state index in [9.17, 15) is 9.59 Å². The quantitative estimate of drug-likeness (QED) is 0.677. The smallest absolute Gasteiger partial charge is 0.261 e. The SMILES string of the molecule is Cc1noc(C(C)C)c1C(=O)Nc1ccc(NC(=O)[C@H](C)n2cncn2)cc1. The lowest BCUT2D eigenvalue weighted by atomic mass is 10.0. The van der Waals surface area contributed by atoms with Crippen LogP contribution in [0, 0.1) is 6.92 Å². The summed E-state index contributed by atoms with van der Waals surface area (Å²) in [7, 11) is 0. The van der Waals surface area contributed by atoms with Crippen LogP contribution < -0.4 is 10.6 Å². The Morgan fingerprint density at radius 1 is 1.07 bits per heavy atom. The molecular weight excluding hydrogens is 360 g/mol. The van der Waals surface area contributed by atoms with Gasteiger partial charge in [0.2, 0.25) is 5.91 Å². The molecule has 0 fully saturated rings. The van der Waals surface area contributed by atoms with Crippen LogP contribution in [0.2, 0.25) is 0 Å². The van der Waals surface area contributed by atoms with Gasteiger partial charge in [0.25, 0.3) is 5.91 Å². The molecule has 2 aromatic heterocycles. The molecule has 0 aliphatic rings. The highest BCUT2D eigenvalue weighted by atomic mass is 16.5. The second-order valence-corrected chi connectivity index (χ2v) is 6.73. The number of anilines is 2. The van der Waals surface area contributed by atoms with Crippen LogP contribution in [-0.4, -0.2) is 31.7 Å². The number of benzene rings is 1. The second kappa shape index (κ2) is 8.03. The number of carbonyl (C=O) groups is 2. The van der Waals surface area contributed by atoms with Gasteiger partial charge in [0.1, 0.15) is 24.3 Å². The zero-order chi connectivity index (χ0) is 20.3. The second-order valence-electron chi connectivity index (χ2n) is 6.73. The number of nitrogens with one attached hydrogen (secondary N) is 2. The Labute approximate surface area is 162 Å². The maximum absolute atomic E-state index is 12.6. The number of rotatable bonds is 6. The van der Waals surface area contributed by atoms with Crippen molar-refractivity contribution in [3.05, 3.63) is 53.9 Å². The summed E-state index contributed by atoms with van der Waals surface area (Å²) >= 11 is 0. The Balaban J connectivity index is 1.66. The van der Waals surface area contributed by atoms with Gasteiger partial charge < -0.3 is 15.2 Å². The van der Waals surface area contributed by atoms with Crippen LogP contribution in [-0.2, 0) is 4.79 Å². The number of hydrogen-bond acceptors (Lipinski definition) is 6. The summed E-state index contributed by atoms with van der Waals surface area (Å²) in [6, 6.07) is 6.36. The van der Waals surface area contributed by atoms with Gasteiger partial charge in [-0.05, 0) is 38.1 Å². The number of hydrogen-bond donors (Lipinski definition) is 2. The molecule has 2 N–H and O–H groups in total. The predicted octanol–water partition coefficient (Wildman–Crippen LogP) is 3.15. The largest absolute Gasteiger partial charge is 0.360 e. The third-order valence-electron chi connectivity index (χ3n) is 4.26. The topological polar surface area (TPSA) is 115 Å². The Kier molecular flexibility index (Phi) is 5.53. The van der Waals surface area contributed by atoms with E-state index in [1.165, 1.54) is 17.3 Å². The summed E-state index contributed by atoms with van der Waals surface area (Å²) in [6.07, 6.45) is 2.87. The molecule has 3 rings (SSSR count). The van der Waals surface area contributed by atoms with Crippen molar-refractivity contribution >= 4 is 23.2 Å². The van der Waals surface area contributed by atoms with Gasteiger partial charge in [0.05, 0.1) is 5.69 Å². The molecule has 9 nitrogen and oxygen atoms in total. The molecule has 0 bridgehead atoms. The van der Waals surface area contributed by atoms with E-state index in [2.05, 4.69) is 25.9 Å². The minimum atomic E-state index is -0.493. The van der Waals surface area contributed by atoms with Crippen LogP contribution in [0.1, 0.15) is 54.5 Å². The Morgan fingerprint density at radius 2 is 1.71 bits per heavy atom. The van der Waals surface area contributed by atoms with Crippen LogP contribution in [0.15, 0.2) is 41.4 Å². The fraction of sp³-hybridized carbons (Fsp3) is 0.316. The fourth-order valence-corrected chi connectivity index (χ4v) is 2.67. The van der Waals surface area contributed by atoms with Gasteiger partial charge in [-0.1, -0.05) is 19.0 Å². The molecule has 0 unspecified atom stereocenters. The highest BCUT2D eigenvalue weighted by Gasteiger charge is 2.22. The third-order valence-corrected chi connectivity index (χ3v) is 4.26. The first-order chi connectivity index (χ1) is 13.4.